The van der Waals surface area contributed by atoms with E-state index in [9.17, 15) is 12.9 Å². The van der Waals surface area contributed by atoms with E-state index in [0.29, 0.717) is 12.2 Å². The van der Waals surface area contributed by atoms with Crippen molar-refractivity contribution in [2.75, 3.05) is 11.9 Å². The van der Waals surface area contributed by atoms with Crippen LogP contribution in [0.1, 0.15) is 0 Å². The van der Waals surface area contributed by atoms with Crippen LogP contribution in [-0.4, -0.2) is 13.5 Å². The molecule has 0 unspecified atom stereocenters. The highest BCUT2D eigenvalue weighted by atomic mass is 19.4. The molecular weight excluding hydrogens is 190 g/mol. The lowest BCUT2D eigenvalue weighted by Crippen LogP contribution is -2.33. The lowest BCUT2D eigenvalue weighted by Gasteiger charge is -2.15. The summed E-state index contributed by atoms with van der Waals surface area (Å²) >= 11 is 0. The van der Waals surface area contributed by atoms with Gasteiger partial charge in [-0.25, -0.2) is 0 Å². The van der Waals surface area contributed by atoms with E-state index in [1.807, 2.05) is 0 Å². The summed E-state index contributed by atoms with van der Waals surface area (Å²) in [5.41, 5.74) is 0.0860. The van der Waals surface area contributed by atoms with Gasteiger partial charge in [0.15, 0.2) is 0 Å². The minimum atomic E-state index is -4.88. The molecule has 0 saturated carbocycles. The lowest BCUT2D eigenvalue weighted by molar-refractivity contribution is 0.501. The number of halogens is 3. The molecule has 0 heterocycles. The van der Waals surface area contributed by atoms with Crippen molar-refractivity contribution in [3.63, 3.8) is 0 Å². The molecule has 0 aromatic heterocycles. The van der Waals surface area contributed by atoms with Gasteiger partial charge in [-0.05, 0) is 12.1 Å². The van der Waals surface area contributed by atoms with Crippen molar-refractivity contribution >= 4 is 18.1 Å². The number of hydrogen-bond acceptors (Lipinski definition) is 1. The van der Waals surface area contributed by atoms with Crippen LogP contribution >= 0.6 is 0 Å². The van der Waals surface area contributed by atoms with Gasteiger partial charge in [-0.15, -0.1) is 12.0 Å². The Balaban J connectivity index is 2.73. The molecule has 0 atom stereocenters. The van der Waals surface area contributed by atoms with Crippen LogP contribution in [0.3, 0.4) is 0 Å². The van der Waals surface area contributed by atoms with Gasteiger partial charge in [0.1, 0.15) is 0 Å². The summed E-state index contributed by atoms with van der Waals surface area (Å²) in [5.74, 6) is 0. The van der Waals surface area contributed by atoms with Gasteiger partial charge in [0.05, 0.1) is 0 Å². The minimum Gasteiger partial charge on any atom is -0.445 e. The molecule has 0 bridgehead atoms. The van der Waals surface area contributed by atoms with E-state index in [-0.39, 0.29) is 0 Å². The van der Waals surface area contributed by atoms with Crippen LogP contribution in [0.2, 0.25) is 0 Å². The third-order valence-corrected chi connectivity index (χ3v) is 1.74. The molecule has 1 aromatic rings. The fourth-order valence-electron chi connectivity index (χ4n) is 1.01. The van der Waals surface area contributed by atoms with Gasteiger partial charge in [0.2, 0.25) is 0 Å². The van der Waals surface area contributed by atoms with Gasteiger partial charge in [-0.3, -0.25) is 0 Å². The Kier molecular flexibility index (Phi) is 3.22. The second kappa shape index (κ2) is 4.22. The molecule has 0 amide bonds. The molecule has 0 spiro atoms. The predicted octanol–water partition coefficient (Wildman–Crippen LogP) is 2.34. The molecule has 0 radical (unpaired) electrons. The first-order chi connectivity index (χ1) is 6.54. The first-order valence-corrected chi connectivity index (χ1v) is 4.18. The van der Waals surface area contributed by atoms with Crippen molar-refractivity contribution in [3.05, 3.63) is 36.9 Å². The molecule has 1 N–H and O–H groups in total. The van der Waals surface area contributed by atoms with E-state index >= 15 is 0 Å². The second-order valence-corrected chi connectivity index (χ2v) is 2.87. The molecular formula is C9H10BF3N-. The number of benzene rings is 1. The van der Waals surface area contributed by atoms with E-state index < -0.39 is 12.4 Å². The van der Waals surface area contributed by atoms with E-state index in [1.165, 1.54) is 12.1 Å². The summed E-state index contributed by atoms with van der Waals surface area (Å²) in [4.78, 5) is 0. The average Bonchev–Trinajstić information content (AvgIpc) is 2.14. The van der Waals surface area contributed by atoms with Crippen molar-refractivity contribution in [3.8, 4) is 0 Å². The van der Waals surface area contributed by atoms with Crippen molar-refractivity contribution < 1.29 is 12.9 Å². The fraction of sp³-hybridized carbons (Fsp3) is 0.111. The highest BCUT2D eigenvalue weighted by Crippen LogP contribution is 2.11. The Hall–Kier alpha value is -1.39. The third kappa shape index (κ3) is 2.83. The Morgan fingerprint density at radius 2 is 1.79 bits per heavy atom. The zero-order valence-electron chi connectivity index (χ0n) is 7.51. The molecule has 0 aliphatic rings. The minimum absolute atomic E-state index is 0.538. The summed E-state index contributed by atoms with van der Waals surface area (Å²) in [6.45, 7) is -0.851. The van der Waals surface area contributed by atoms with Crippen molar-refractivity contribution in [2.24, 2.45) is 0 Å². The van der Waals surface area contributed by atoms with Crippen LogP contribution in [0.4, 0.5) is 18.6 Å². The Labute approximate surface area is 80.7 Å². The quantitative estimate of drug-likeness (QED) is 0.580. The first kappa shape index (κ1) is 10.7. The number of nitrogens with one attached hydrogen (secondary N) is 1. The van der Waals surface area contributed by atoms with E-state index in [1.54, 1.807) is 6.08 Å². The van der Waals surface area contributed by atoms with Crippen molar-refractivity contribution in [1.82, 2.24) is 0 Å². The maximum atomic E-state index is 12.2. The zero-order chi connectivity index (χ0) is 10.6. The van der Waals surface area contributed by atoms with Crippen LogP contribution in [-0.2, 0) is 0 Å². The second-order valence-electron chi connectivity index (χ2n) is 2.87. The normalized spacial score (nSPS) is 11.1. The molecule has 1 nitrogen and oxygen atoms in total. The summed E-state index contributed by atoms with van der Waals surface area (Å²) in [5, 5.41) is 2.89. The van der Waals surface area contributed by atoms with E-state index in [2.05, 4.69) is 11.9 Å². The monoisotopic (exact) mass is 200 g/mol. The van der Waals surface area contributed by atoms with Crippen LogP contribution in [0.5, 0.6) is 0 Å². The van der Waals surface area contributed by atoms with Gasteiger partial charge in [0, 0.05) is 12.2 Å². The van der Waals surface area contributed by atoms with E-state index in [0.717, 1.165) is 12.1 Å². The van der Waals surface area contributed by atoms with Crippen LogP contribution in [0, 0.1) is 0 Å². The molecule has 0 saturated heterocycles. The lowest BCUT2D eigenvalue weighted by atomic mass is 9.80. The van der Waals surface area contributed by atoms with Crippen LogP contribution in [0.15, 0.2) is 36.9 Å². The first-order valence-electron chi connectivity index (χ1n) is 4.18. The van der Waals surface area contributed by atoms with Gasteiger partial charge in [-0.2, -0.15) is 0 Å². The molecule has 0 fully saturated rings. The number of rotatable bonds is 4. The fourth-order valence-corrected chi connectivity index (χ4v) is 1.01. The van der Waals surface area contributed by atoms with Gasteiger partial charge in [0.25, 0.3) is 0 Å². The van der Waals surface area contributed by atoms with Crippen LogP contribution in [0.25, 0.3) is 0 Å². The topological polar surface area (TPSA) is 12.0 Å². The molecule has 14 heavy (non-hydrogen) atoms. The van der Waals surface area contributed by atoms with Crippen molar-refractivity contribution in [1.29, 1.82) is 0 Å². The maximum Gasteiger partial charge on any atom is 0.509 e. The molecule has 0 aliphatic carbocycles. The Bertz CT molecular complexity index is 305. The van der Waals surface area contributed by atoms with Gasteiger partial charge in [-0.1, -0.05) is 18.2 Å². The van der Waals surface area contributed by atoms with Gasteiger partial charge < -0.3 is 18.3 Å². The summed E-state index contributed by atoms with van der Waals surface area (Å²) in [6, 6.07) is 4.97. The SMILES string of the molecule is C=CCNc1ccc([B-](F)(F)F)cc1. The summed E-state index contributed by atoms with van der Waals surface area (Å²) in [6.07, 6.45) is 1.64. The standard InChI is InChI=1S/C9H10BF3N/c1-2-7-14-9-5-3-8(4-6-9)10(11,12)13/h2-6,14H,1,7H2/q-1. The Morgan fingerprint density at radius 3 is 2.21 bits per heavy atom. The highest BCUT2D eigenvalue weighted by molar-refractivity contribution is 6.73. The maximum absolute atomic E-state index is 12.2. The zero-order valence-corrected chi connectivity index (χ0v) is 7.51. The predicted molar refractivity (Wildman–Crippen MR) is 53.8 cm³/mol. The van der Waals surface area contributed by atoms with E-state index in [4.69, 9.17) is 0 Å². The molecule has 1 rings (SSSR count). The molecule has 0 aliphatic heterocycles. The van der Waals surface area contributed by atoms with Crippen molar-refractivity contribution in [2.45, 2.75) is 0 Å². The van der Waals surface area contributed by atoms with Crippen LogP contribution < -0.4 is 10.8 Å². The smallest absolute Gasteiger partial charge is 0.445 e. The third-order valence-electron chi connectivity index (χ3n) is 1.74. The summed E-state index contributed by atoms with van der Waals surface area (Å²) in [7, 11) is 0. The molecule has 5 heteroatoms. The number of hydrogen-bond donors (Lipinski definition) is 1. The number of anilines is 1. The van der Waals surface area contributed by atoms with Gasteiger partial charge >= 0.3 is 6.98 Å². The average molecular weight is 200 g/mol. The largest absolute Gasteiger partial charge is 0.509 e. The highest BCUT2D eigenvalue weighted by Gasteiger charge is 2.24. The Morgan fingerprint density at radius 1 is 1.21 bits per heavy atom. The molecule has 76 valence electrons. The molecule has 1 aromatic carbocycles. The summed E-state index contributed by atoms with van der Waals surface area (Å²) < 4.78 is 36.6.